The van der Waals surface area contributed by atoms with E-state index in [1.54, 1.807) is 24.3 Å². The van der Waals surface area contributed by atoms with Gasteiger partial charge in [0.1, 0.15) is 0 Å². The SMILES string of the molecule is C[C@@H]1C=CC[C@H]2C(=O)N(c3ccc(C(=O)Nc4ccccc4)cc3)C(=O)[C@H]12. The van der Waals surface area contributed by atoms with Crippen molar-refractivity contribution in [2.75, 3.05) is 10.2 Å². The summed E-state index contributed by atoms with van der Waals surface area (Å²) in [5.74, 6) is -1.05. The van der Waals surface area contributed by atoms with E-state index in [0.717, 1.165) is 0 Å². The minimum Gasteiger partial charge on any atom is -0.322 e. The summed E-state index contributed by atoms with van der Waals surface area (Å²) >= 11 is 0. The maximum Gasteiger partial charge on any atom is 0.255 e. The smallest absolute Gasteiger partial charge is 0.255 e. The number of para-hydroxylation sites is 1. The van der Waals surface area contributed by atoms with Gasteiger partial charge in [-0.2, -0.15) is 0 Å². The highest BCUT2D eigenvalue weighted by Crippen LogP contribution is 2.40. The molecule has 0 unspecified atom stereocenters. The van der Waals surface area contributed by atoms with Crippen LogP contribution in [0.2, 0.25) is 0 Å². The number of allylic oxidation sites excluding steroid dienone is 2. The number of nitrogens with one attached hydrogen (secondary N) is 1. The minimum atomic E-state index is -0.288. The Hall–Kier alpha value is -3.21. The van der Waals surface area contributed by atoms with Crippen LogP contribution in [-0.2, 0) is 9.59 Å². The topological polar surface area (TPSA) is 66.5 Å². The Kier molecular flexibility index (Phi) is 4.36. The largest absolute Gasteiger partial charge is 0.322 e. The van der Waals surface area contributed by atoms with Gasteiger partial charge in [-0.25, -0.2) is 0 Å². The Morgan fingerprint density at radius 2 is 1.70 bits per heavy atom. The van der Waals surface area contributed by atoms with Crippen LogP contribution in [0.1, 0.15) is 23.7 Å². The number of imide groups is 1. The molecular weight excluding hydrogens is 340 g/mol. The van der Waals surface area contributed by atoms with Gasteiger partial charge >= 0.3 is 0 Å². The molecule has 5 heteroatoms. The lowest BCUT2D eigenvalue weighted by molar-refractivity contribution is -0.122. The molecule has 2 aliphatic rings. The van der Waals surface area contributed by atoms with Gasteiger partial charge in [-0.05, 0) is 48.7 Å². The second kappa shape index (κ2) is 6.83. The summed E-state index contributed by atoms with van der Waals surface area (Å²) in [5.41, 5.74) is 1.69. The van der Waals surface area contributed by atoms with Crippen molar-refractivity contribution in [2.24, 2.45) is 17.8 Å². The summed E-state index contributed by atoms with van der Waals surface area (Å²) in [6.07, 6.45) is 4.60. The van der Waals surface area contributed by atoms with Crippen molar-refractivity contribution < 1.29 is 14.4 Å². The third-order valence-corrected chi connectivity index (χ3v) is 5.29. The average Bonchev–Trinajstić information content (AvgIpc) is 2.94. The number of hydrogen-bond donors (Lipinski definition) is 1. The fourth-order valence-corrected chi connectivity index (χ4v) is 3.89. The van der Waals surface area contributed by atoms with E-state index in [9.17, 15) is 14.4 Å². The van der Waals surface area contributed by atoms with Crippen LogP contribution >= 0.6 is 0 Å². The highest BCUT2D eigenvalue weighted by molar-refractivity contribution is 6.22. The standard InChI is InChI=1S/C22H20N2O3/c1-14-6-5-9-18-19(14)22(27)24(21(18)26)17-12-10-15(11-13-17)20(25)23-16-7-3-2-4-8-16/h2-8,10-14,18-19H,9H2,1H3,(H,23,25)/t14-,18-,19-/m1/s1. The first kappa shape index (κ1) is 17.2. The van der Waals surface area contributed by atoms with Crippen molar-refractivity contribution >= 4 is 29.1 Å². The lowest BCUT2D eigenvalue weighted by Gasteiger charge is -2.22. The predicted molar refractivity (Wildman–Crippen MR) is 103 cm³/mol. The van der Waals surface area contributed by atoms with Crippen LogP contribution in [-0.4, -0.2) is 17.7 Å². The van der Waals surface area contributed by atoms with Crippen LogP contribution < -0.4 is 10.2 Å². The van der Waals surface area contributed by atoms with Crippen LogP contribution in [0.25, 0.3) is 0 Å². The molecule has 0 saturated carbocycles. The van der Waals surface area contributed by atoms with Gasteiger partial charge in [0.05, 0.1) is 17.5 Å². The highest BCUT2D eigenvalue weighted by Gasteiger charge is 2.50. The third-order valence-electron chi connectivity index (χ3n) is 5.29. The van der Waals surface area contributed by atoms with Gasteiger partial charge in [0.15, 0.2) is 0 Å². The van der Waals surface area contributed by atoms with E-state index < -0.39 is 0 Å². The van der Waals surface area contributed by atoms with Crippen LogP contribution in [0.4, 0.5) is 11.4 Å². The second-order valence-corrected chi connectivity index (χ2v) is 7.03. The van der Waals surface area contributed by atoms with Crippen LogP contribution in [0.5, 0.6) is 0 Å². The molecule has 1 aliphatic carbocycles. The molecule has 0 aromatic heterocycles. The van der Waals surface area contributed by atoms with Crippen molar-refractivity contribution in [3.8, 4) is 0 Å². The minimum absolute atomic E-state index is 0.0566. The molecule has 3 atom stereocenters. The molecule has 1 aliphatic heterocycles. The van der Waals surface area contributed by atoms with E-state index in [4.69, 9.17) is 0 Å². The van der Waals surface area contributed by atoms with Gasteiger partial charge in [-0.15, -0.1) is 0 Å². The number of fused-ring (bicyclic) bond motifs is 1. The van der Waals surface area contributed by atoms with Crippen molar-refractivity contribution in [1.82, 2.24) is 0 Å². The van der Waals surface area contributed by atoms with Crippen LogP contribution in [0.15, 0.2) is 66.7 Å². The van der Waals surface area contributed by atoms with Gasteiger partial charge in [-0.1, -0.05) is 37.3 Å². The van der Waals surface area contributed by atoms with E-state index in [2.05, 4.69) is 5.32 Å². The maximum atomic E-state index is 12.8. The third kappa shape index (κ3) is 3.05. The molecule has 4 rings (SSSR count). The van der Waals surface area contributed by atoms with E-state index in [1.807, 2.05) is 49.4 Å². The van der Waals surface area contributed by atoms with Gasteiger partial charge in [0.2, 0.25) is 11.8 Å². The molecular formula is C22H20N2O3. The molecule has 1 fully saturated rings. The number of amides is 3. The van der Waals surface area contributed by atoms with E-state index in [0.29, 0.717) is 23.4 Å². The molecule has 0 spiro atoms. The molecule has 27 heavy (non-hydrogen) atoms. The van der Waals surface area contributed by atoms with Crippen molar-refractivity contribution in [2.45, 2.75) is 13.3 Å². The molecule has 1 saturated heterocycles. The lowest BCUT2D eigenvalue weighted by Crippen LogP contribution is -2.31. The Bertz CT molecular complexity index is 918. The summed E-state index contributed by atoms with van der Waals surface area (Å²) in [4.78, 5) is 39.2. The van der Waals surface area contributed by atoms with Crippen molar-refractivity contribution in [3.63, 3.8) is 0 Å². The van der Waals surface area contributed by atoms with E-state index in [-0.39, 0.29) is 35.5 Å². The number of anilines is 2. The monoisotopic (exact) mass is 360 g/mol. The van der Waals surface area contributed by atoms with Gasteiger partial charge in [0, 0.05) is 11.3 Å². The van der Waals surface area contributed by atoms with Gasteiger partial charge in [0.25, 0.3) is 5.91 Å². The molecule has 0 bridgehead atoms. The van der Waals surface area contributed by atoms with Crippen molar-refractivity contribution in [3.05, 3.63) is 72.3 Å². The zero-order chi connectivity index (χ0) is 19.0. The van der Waals surface area contributed by atoms with Crippen LogP contribution in [0, 0.1) is 17.8 Å². The molecule has 5 nitrogen and oxygen atoms in total. The molecule has 3 amide bonds. The fraction of sp³-hybridized carbons (Fsp3) is 0.227. The molecule has 136 valence electrons. The predicted octanol–water partition coefficient (Wildman–Crippen LogP) is 3.64. The molecule has 1 heterocycles. The van der Waals surface area contributed by atoms with Crippen molar-refractivity contribution in [1.29, 1.82) is 0 Å². The van der Waals surface area contributed by atoms with Gasteiger partial charge < -0.3 is 5.32 Å². The maximum absolute atomic E-state index is 12.8. The second-order valence-electron chi connectivity index (χ2n) is 7.03. The number of nitrogens with zero attached hydrogens (tertiary/aromatic N) is 1. The summed E-state index contributed by atoms with van der Waals surface area (Å²) < 4.78 is 0. The average molecular weight is 360 g/mol. The molecule has 1 N–H and O–H groups in total. The zero-order valence-electron chi connectivity index (χ0n) is 15.0. The fourth-order valence-electron chi connectivity index (χ4n) is 3.89. The Balaban J connectivity index is 1.53. The highest BCUT2D eigenvalue weighted by atomic mass is 16.2. The summed E-state index contributed by atoms with van der Waals surface area (Å²) in [6.45, 7) is 1.97. The number of rotatable bonds is 3. The van der Waals surface area contributed by atoms with E-state index in [1.165, 1.54) is 4.90 Å². The van der Waals surface area contributed by atoms with E-state index >= 15 is 0 Å². The first-order valence-corrected chi connectivity index (χ1v) is 9.07. The molecule has 2 aromatic carbocycles. The summed E-state index contributed by atoms with van der Waals surface area (Å²) in [6, 6.07) is 15.8. The Labute approximate surface area is 157 Å². The summed E-state index contributed by atoms with van der Waals surface area (Å²) in [5, 5.41) is 2.82. The summed E-state index contributed by atoms with van der Waals surface area (Å²) in [7, 11) is 0. The number of benzene rings is 2. The van der Waals surface area contributed by atoms with Gasteiger partial charge in [-0.3, -0.25) is 19.3 Å². The first-order valence-electron chi connectivity index (χ1n) is 9.07. The number of hydrogen-bond acceptors (Lipinski definition) is 3. The first-order chi connectivity index (χ1) is 13.1. The zero-order valence-corrected chi connectivity index (χ0v) is 15.0. The quantitative estimate of drug-likeness (QED) is 0.671. The molecule has 2 aromatic rings. The number of carbonyl (C=O) groups excluding carboxylic acids is 3. The lowest BCUT2D eigenvalue weighted by atomic mass is 9.78. The normalized spacial score (nSPS) is 24.0. The Morgan fingerprint density at radius 1 is 1.00 bits per heavy atom. The Morgan fingerprint density at radius 3 is 2.37 bits per heavy atom. The van der Waals surface area contributed by atoms with Crippen LogP contribution in [0.3, 0.4) is 0 Å². The number of carbonyl (C=O) groups is 3. The molecule has 0 radical (unpaired) electrons.